The Hall–Kier alpha value is -1.81. The van der Waals surface area contributed by atoms with Gasteiger partial charge in [-0.05, 0) is 111 Å². The maximum atomic E-state index is 15.0. The summed E-state index contributed by atoms with van der Waals surface area (Å²) in [6, 6.07) is 12.1. The molecule has 2 saturated carbocycles. The SMILES string of the molecule is CCC1CCC(c2ccc(C(C)OC(F)(F)c3ccc(C4CCC(CC)CC4)cc3F)cc2)CC1. The number of halogens is 3. The monoisotopic (exact) mass is 486 g/mol. The average Bonchev–Trinajstić information content (AvgIpc) is 2.88. The molecular weight excluding hydrogens is 445 g/mol. The van der Waals surface area contributed by atoms with Crippen LogP contribution in [0.2, 0.25) is 0 Å². The third-order valence-corrected chi connectivity index (χ3v) is 8.83. The van der Waals surface area contributed by atoms with E-state index in [2.05, 4.69) is 13.8 Å². The van der Waals surface area contributed by atoms with Gasteiger partial charge in [0.1, 0.15) is 5.82 Å². The Labute approximate surface area is 209 Å². The molecule has 2 aliphatic carbocycles. The van der Waals surface area contributed by atoms with Crippen LogP contribution in [0.3, 0.4) is 0 Å². The fourth-order valence-corrected chi connectivity index (χ4v) is 6.22. The highest BCUT2D eigenvalue weighted by molar-refractivity contribution is 5.30. The van der Waals surface area contributed by atoms with Gasteiger partial charge in [0.15, 0.2) is 0 Å². The van der Waals surface area contributed by atoms with Gasteiger partial charge in [-0.1, -0.05) is 57.0 Å². The summed E-state index contributed by atoms with van der Waals surface area (Å²) in [5, 5.41) is 0. The summed E-state index contributed by atoms with van der Waals surface area (Å²) in [4.78, 5) is 0. The van der Waals surface area contributed by atoms with Gasteiger partial charge < -0.3 is 4.74 Å². The molecule has 0 bridgehead atoms. The second kappa shape index (κ2) is 11.5. The first-order chi connectivity index (χ1) is 16.8. The van der Waals surface area contributed by atoms with Crippen LogP contribution < -0.4 is 0 Å². The molecule has 2 fully saturated rings. The highest BCUT2D eigenvalue weighted by Crippen LogP contribution is 2.41. The predicted molar refractivity (Wildman–Crippen MR) is 136 cm³/mol. The number of rotatable bonds is 8. The van der Waals surface area contributed by atoms with Gasteiger partial charge >= 0.3 is 6.11 Å². The summed E-state index contributed by atoms with van der Waals surface area (Å²) in [6.45, 7) is 6.07. The number of hydrogen-bond donors (Lipinski definition) is 0. The van der Waals surface area contributed by atoms with Gasteiger partial charge in [-0.3, -0.25) is 0 Å². The van der Waals surface area contributed by atoms with Crippen LogP contribution >= 0.6 is 0 Å². The van der Waals surface area contributed by atoms with Crippen molar-refractivity contribution in [2.24, 2.45) is 11.8 Å². The summed E-state index contributed by atoms with van der Waals surface area (Å²) in [5.41, 5.74) is 2.10. The first-order valence-electron chi connectivity index (χ1n) is 13.8. The van der Waals surface area contributed by atoms with Gasteiger partial charge in [0, 0.05) is 0 Å². The molecule has 4 rings (SSSR count). The molecule has 0 aliphatic heterocycles. The van der Waals surface area contributed by atoms with Crippen LogP contribution in [-0.4, -0.2) is 0 Å². The van der Waals surface area contributed by atoms with Crippen molar-refractivity contribution < 1.29 is 17.9 Å². The Morgan fingerprint density at radius 2 is 1.26 bits per heavy atom. The molecule has 0 N–H and O–H groups in total. The van der Waals surface area contributed by atoms with E-state index >= 15 is 8.78 Å². The molecule has 0 radical (unpaired) electrons. The number of ether oxygens (including phenoxy) is 1. The molecule has 4 heteroatoms. The van der Waals surface area contributed by atoms with E-state index in [1.54, 1.807) is 13.0 Å². The van der Waals surface area contributed by atoms with Gasteiger partial charge in [-0.15, -0.1) is 0 Å². The van der Waals surface area contributed by atoms with Crippen molar-refractivity contribution in [2.75, 3.05) is 0 Å². The molecule has 35 heavy (non-hydrogen) atoms. The smallest absolute Gasteiger partial charge is 0.309 e. The topological polar surface area (TPSA) is 9.23 Å². The highest BCUT2D eigenvalue weighted by Gasteiger charge is 2.38. The summed E-state index contributed by atoms with van der Waals surface area (Å²) in [5.74, 6) is 1.50. The zero-order chi connectivity index (χ0) is 25.0. The Bertz CT molecular complexity index is 938. The average molecular weight is 487 g/mol. The summed E-state index contributed by atoms with van der Waals surface area (Å²) < 4.78 is 50.0. The van der Waals surface area contributed by atoms with Crippen molar-refractivity contribution >= 4 is 0 Å². The minimum absolute atomic E-state index is 0.255. The van der Waals surface area contributed by atoms with E-state index < -0.39 is 23.6 Å². The van der Waals surface area contributed by atoms with Crippen LogP contribution in [0.1, 0.15) is 125 Å². The van der Waals surface area contributed by atoms with Crippen molar-refractivity contribution in [1.82, 2.24) is 0 Å². The van der Waals surface area contributed by atoms with Gasteiger partial charge in [0.2, 0.25) is 0 Å². The molecule has 0 heterocycles. The highest BCUT2D eigenvalue weighted by atomic mass is 19.3. The van der Waals surface area contributed by atoms with Crippen LogP contribution in [-0.2, 0) is 10.8 Å². The van der Waals surface area contributed by atoms with Gasteiger partial charge in [-0.25, -0.2) is 4.39 Å². The van der Waals surface area contributed by atoms with Crippen LogP contribution in [0.4, 0.5) is 13.2 Å². The molecule has 0 saturated heterocycles. The van der Waals surface area contributed by atoms with E-state index in [4.69, 9.17) is 4.74 Å². The van der Waals surface area contributed by atoms with Crippen LogP contribution in [0.15, 0.2) is 42.5 Å². The molecule has 1 nitrogen and oxygen atoms in total. The van der Waals surface area contributed by atoms with E-state index in [1.807, 2.05) is 24.3 Å². The molecule has 2 aliphatic rings. The molecule has 0 amide bonds. The Morgan fingerprint density at radius 3 is 1.74 bits per heavy atom. The number of alkyl halides is 2. The summed E-state index contributed by atoms with van der Waals surface area (Å²) in [6.07, 6.45) is 7.03. The summed E-state index contributed by atoms with van der Waals surface area (Å²) >= 11 is 0. The quantitative estimate of drug-likeness (QED) is 0.361. The van der Waals surface area contributed by atoms with E-state index in [0.29, 0.717) is 11.5 Å². The molecule has 2 aromatic rings. The lowest BCUT2D eigenvalue weighted by atomic mass is 9.77. The van der Waals surface area contributed by atoms with Crippen molar-refractivity contribution in [3.8, 4) is 0 Å². The van der Waals surface area contributed by atoms with E-state index in [0.717, 1.165) is 43.1 Å². The third kappa shape index (κ3) is 6.31. The lowest BCUT2D eigenvalue weighted by molar-refractivity contribution is -0.273. The van der Waals surface area contributed by atoms with Gasteiger partial charge in [-0.2, -0.15) is 8.78 Å². The van der Waals surface area contributed by atoms with Crippen molar-refractivity contribution in [1.29, 1.82) is 0 Å². The molecule has 192 valence electrons. The van der Waals surface area contributed by atoms with Gasteiger partial charge in [0.05, 0.1) is 11.7 Å². The second-order valence-electron chi connectivity index (χ2n) is 10.9. The van der Waals surface area contributed by atoms with Crippen LogP contribution in [0.5, 0.6) is 0 Å². The molecule has 0 aromatic heterocycles. The Morgan fingerprint density at radius 1 is 0.771 bits per heavy atom. The third-order valence-electron chi connectivity index (χ3n) is 8.83. The van der Waals surface area contributed by atoms with Crippen LogP contribution in [0, 0.1) is 17.7 Å². The first-order valence-corrected chi connectivity index (χ1v) is 13.8. The summed E-state index contributed by atoms with van der Waals surface area (Å²) in [7, 11) is 0. The zero-order valence-corrected chi connectivity index (χ0v) is 21.5. The van der Waals surface area contributed by atoms with E-state index in [9.17, 15) is 4.39 Å². The standard InChI is InChI=1S/C31H41F3O/c1-4-22-6-10-25(11-7-22)26-16-14-24(15-17-26)21(3)35-31(33,34)29-19-18-28(20-30(29)32)27-12-8-23(5-2)9-13-27/h14-23,25,27H,4-13H2,1-3H3. The first kappa shape index (κ1) is 26.3. The largest absolute Gasteiger partial charge is 0.386 e. The normalized spacial score (nSPS) is 26.5. The maximum absolute atomic E-state index is 15.0. The zero-order valence-electron chi connectivity index (χ0n) is 21.5. The maximum Gasteiger partial charge on any atom is 0.386 e. The fourth-order valence-electron chi connectivity index (χ4n) is 6.22. The molecular formula is C31H41F3O. The minimum Gasteiger partial charge on any atom is -0.309 e. The molecule has 1 atom stereocenters. The second-order valence-corrected chi connectivity index (χ2v) is 10.9. The number of hydrogen-bond acceptors (Lipinski definition) is 1. The fraction of sp³-hybridized carbons (Fsp3) is 0.613. The Balaban J connectivity index is 1.38. The lowest BCUT2D eigenvalue weighted by Gasteiger charge is -2.29. The van der Waals surface area contributed by atoms with E-state index in [1.165, 1.54) is 56.2 Å². The molecule has 1 unspecified atom stereocenters. The molecule has 2 aromatic carbocycles. The van der Waals surface area contributed by atoms with Crippen molar-refractivity contribution in [2.45, 2.75) is 109 Å². The minimum atomic E-state index is -3.70. The number of benzene rings is 2. The van der Waals surface area contributed by atoms with Crippen molar-refractivity contribution in [3.05, 3.63) is 70.5 Å². The molecule has 0 spiro atoms. The lowest BCUT2D eigenvalue weighted by Crippen LogP contribution is -2.22. The van der Waals surface area contributed by atoms with Gasteiger partial charge in [0.25, 0.3) is 0 Å². The predicted octanol–water partition coefficient (Wildman–Crippen LogP) is 10.0. The van der Waals surface area contributed by atoms with Crippen molar-refractivity contribution in [3.63, 3.8) is 0 Å². The van der Waals surface area contributed by atoms with E-state index in [-0.39, 0.29) is 5.92 Å². The Kier molecular flexibility index (Phi) is 8.63. The van der Waals surface area contributed by atoms with Crippen LogP contribution in [0.25, 0.3) is 0 Å².